The molecule has 1 heterocycles. The van der Waals surface area contributed by atoms with E-state index in [1.807, 2.05) is 0 Å². The topological polar surface area (TPSA) is 136 Å². The summed E-state index contributed by atoms with van der Waals surface area (Å²) in [5.74, 6) is -2.33. The molecular weight excluding hydrogens is 258 g/mol. The number of carbonyl (C=O) groups excluding carboxylic acids is 2. The molecule has 10 heteroatoms. The molecule has 0 aliphatic rings. The first kappa shape index (κ1) is 14.5. The van der Waals surface area contributed by atoms with Gasteiger partial charge < -0.3 is 15.2 Å². The number of methoxy groups -OCH3 is 1. The lowest BCUT2D eigenvalue weighted by Crippen LogP contribution is -2.42. The molecule has 0 saturated carbocycles. The van der Waals surface area contributed by atoms with Crippen LogP contribution < -0.4 is 5.32 Å². The van der Waals surface area contributed by atoms with Crippen LogP contribution in [0.5, 0.6) is 0 Å². The number of nitrogens with one attached hydrogen (secondary N) is 1. The lowest BCUT2D eigenvalue weighted by atomic mass is 10.1. The number of tetrazole rings is 1. The highest BCUT2D eigenvalue weighted by atomic mass is 16.5. The molecule has 0 spiro atoms. The van der Waals surface area contributed by atoms with Crippen molar-refractivity contribution in [2.75, 3.05) is 7.11 Å². The average molecular weight is 271 g/mol. The zero-order chi connectivity index (χ0) is 14.3. The van der Waals surface area contributed by atoms with Gasteiger partial charge in [-0.15, -0.1) is 5.10 Å². The normalized spacial score (nSPS) is 11.6. The molecule has 2 N–H and O–H groups in total. The number of carbonyl (C=O) groups is 3. The summed E-state index contributed by atoms with van der Waals surface area (Å²) in [7, 11) is 1.20. The van der Waals surface area contributed by atoms with Gasteiger partial charge in [-0.1, -0.05) is 0 Å². The van der Waals surface area contributed by atoms with E-state index >= 15 is 0 Å². The number of carboxylic acid groups (broad SMARTS) is 1. The molecule has 1 aromatic rings. The van der Waals surface area contributed by atoms with Gasteiger partial charge in [-0.05, 0) is 16.8 Å². The number of amides is 1. The fourth-order valence-corrected chi connectivity index (χ4v) is 1.26. The minimum Gasteiger partial charge on any atom is -0.480 e. The Morgan fingerprint density at radius 3 is 2.74 bits per heavy atom. The lowest BCUT2D eigenvalue weighted by molar-refractivity contribution is -0.144. The van der Waals surface area contributed by atoms with E-state index in [2.05, 4.69) is 25.6 Å². The molecule has 1 rings (SSSR count). The largest absolute Gasteiger partial charge is 0.480 e. The minimum absolute atomic E-state index is 0.0522. The molecule has 0 aliphatic heterocycles. The predicted molar refractivity (Wildman–Crippen MR) is 58.6 cm³/mol. The molecule has 104 valence electrons. The Morgan fingerprint density at radius 2 is 2.21 bits per heavy atom. The highest BCUT2D eigenvalue weighted by Gasteiger charge is 2.21. The third-order valence-corrected chi connectivity index (χ3v) is 2.20. The van der Waals surface area contributed by atoms with E-state index in [1.54, 1.807) is 0 Å². The third kappa shape index (κ3) is 5.10. The third-order valence-electron chi connectivity index (χ3n) is 2.20. The molecule has 0 unspecified atom stereocenters. The molecule has 0 aliphatic carbocycles. The molecule has 0 saturated heterocycles. The van der Waals surface area contributed by atoms with E-state index in [4.69, 9.17) is 5.11 Å². The molecule has 1 amide bonds. The molecule has 0 bridgehead atoms. The number of hydrogen-bond acceptors (Lipinski definition) is 7. The van der Waals surface area contributed by atoms with Crippen LogP contribution in [0.4, 0.5) is 0 Å². The Bertz CT molecular complexity index is 446. The van der Waals surface area contributed by atoms with Crippen molar-refractivity contribution >= 4 is 17.8 Å². The first-order valence-corrected chi connectivity index (χ1v) is 5.32. The fourth-order valence-electron chi connectivity index (χ4n) is 1.26. The van der Waals surface area contributed by atoms with Crippen LogP contribution in [-0.4, -0.2) is 56.3 Å². The van der Waals surface area contributed by atoms with Crippen LogP contribution in [0, 0.1) is 0 Å². The molecule has 1 aromatic heterocycles. The van der Waals surface area contributed by atoms with E-state index in [9.17, 15) is 14.4 Å². The quantitative estimate of drug-likeness (QED) is 0.554. The maximum Gasteiger partial charge on any atom is 0.326 e. The van der Waals surface area contributed by atoms with Crippen LogP contribution in [0.2, 0.25) is 0 Å². The van der Waals surface area contributed by atoms with E-state index in [0.717, 1.165) is 4.68 Å². The van der Waals surface area contributed by atoms with Gasteiger partial charge in [0, 0.05) is 6.42 Å². The Balaban J connectivity index is 2.46. The first-order valence-electron chi connectivity index (χ1n) is 5.32. The molecule has 0 fully saturated rings. The minimum atomic E-state index is -1.23. The monoisotopic (exact) mass is 271 g/mol. The summed E-state index contributed by atoms with van der Waals surface area (Å²) in [6.07, 6.45) is 1.08. The van der Waals surface area contributed by atoms with Gasteiger partial charge >= 0.3 is 11.9 Å². The lowest BCUT2D eigenvalue weighted by Gasteiger charge is -2.13. The second kappa shape index (κ2) is 7.03. The van der Waals surface area contributed by atoms with Crippen molar-refractivity contribution in [1.29, 1.82) is 0 Å². The zero-order valence-corrected chi connectivity index (χ0v) is 10.1. The Hall–Kier alpha value is -2.52. The second-order valence-corrected chi connectivity index (χ2v) is 3.58. The van der Waals surface area contributed by atoms with Gasteiger partial charge in [0.25, 0.3) is 0 Å². The molecular formula is C9H13N5O5. The molecule has 1 atom stereocenters. The number of esters is 1. The predicted octanol–water partition coefficient (Wildman–Crippen LogP) is -1.80. The summed E-state index contributed by atoms with van der Waals surface area (Å²) in [5.41, 5.74) is 0. The van der Waals surface area contributed by atoms with Crippen LogP contribution >= 0.6 is 0 Å². The van der Waals surface area contributed by atoms with Gasteiger partial charge in [0.1, 0.15) is 18.9 Å². The van der Waals surface area contributed by atoms with Crippen LogP contribution in [0.15, 0.2) is 6.33 Å². The SMILES string of the molecule is COC(=O)CC[C@@H](NC(=O)Cn1cnnn1)C(=O)O. The Morgan fingerprint density at radius 1 is 1.47 bits per heavy atom. The number of rotatable bonds is 7. The van der Waals surface area contributed by atoms with Gasteiger partial charge in [-0.2, -0.15) is 0 Å². The summed E-state index contributed by atoms with van der Waals surface area (Å²) in [6.45, 7) is -0.199. The Kier molecular flexibility index (Phi) is 5.38. The van der Waals surface area contributed by atoms with Crippen LogP contribution in [0.3, 0.4) is 0 Å². The number of aliphatic carboxylic acids is 1. The summed E-state index contributed by atoms with van der Waals surface area (Å²) in [5, 5.41) is 21.3. The maximum atomic E-state index is 11.5. The van der Waals surface area contributed by atoms with Gasteiger partial charge in [-0.25, -0.2) is 9.48 Å². The summed E-state index contributed by atoms with van der Waals surface area (Å²) in [4.78, 5) is 33.4. The van der Waals surface area contributed by atoms with Crippen molar-refractivity contribution in [3.05, 3.63) is 6.33 Å². The number of ether oxygens (including phenoxy) is 1. The summed E-state index contributed by atoms with van der Waals surface area (Å²) in [6, 6.07) is -1.16. The van der Waals surface area contributed by atoms with Crippen molar-refractivity contribution in [1.82, 2.24) is 25.5 Å². The van der Waals surface area contributed by atoms with E-state index in [-0.39, 0.29) is 19.4 Å². The molecule has 19 heavy (non-hydrogen) atoms. The summed E-state index contributed by atoms with van der Waals surface area (Å²) < 4.78 is 5.54. The van der Waals surface area contributed by atoms with Gasteiger partial charge in [0.05, 0.1) is 7.11 Å². The summed E-state index contributed by atoms with van der Waals surface area (Å²) >= 11 is 0. The van der Waals surface area contributed by atoms with Crippen molar-refractivity contribution in [2.45, 2.75) is 25.4 Å². The van der Waals surface area contributed by atoms with Gasteiger partial charge in [0.15, 0.2) is 0 Å². The van der Waals surface area contributed by atoms with E-state index in [1.165, 1.54) is 13.4 Å². The van der Waals surface area contributed by atoms with Crippen molar-refractivity contribution < 1.29 is 24.2 Å². The number of aromatic nitrogens is 4. The van der Waals surface area contributed by atoms with E-state index < -0.39 is 23.9 Å². The smallest absolute Gasteiger partial charge is 0.326 e. The molecule has 0 radical (unpaired) electrons. The molecule has 0 aromatic carbocycles. The van der Waals surface area contributed by atoms with Crippen molar-refractivity contribution in [3.63, 3.8) is 0 Å². The van der Waals surface area contributed by atoms with Gasteiger partial charge in [-0.3, -0.25) is 9.59 Å². The first-order chi connectivity index (χ1) is 9.02. The maximum absolute atomic E-state index is 11.5. The fraction of sp³-hybridized carbons (Fsp3) is 0.556. The highest BCUT2D eigenvalue weighted by molar-refractivity contribution is 5.83. The highest BCUT2D eigenvalue weighted by Crippen LogP contribution is 2.00. The van der Waals surface area contributed by atoms with Crippen molar-refractivity contribution in [3.8, 4) is 0 Å². The van der Waals surface area contributed by atoms with Gasteiger partial charge in [0.2, 0.25) is 5.91 Å². The van der Waals surface area contributed by atoms with Crippen LogP contribution in [0.25, 0.3) is 0 Å². The number of carboxylic acids is 1. The van der Waals surface area contributed by atoms with Crippen LogP contribution in [-0.2, 0) is 25.7 Å². The number of hydrogen-bond donors (Lipinski definition) is 2. The van der Waals surface area contributed by atoms with Crippen molar-refractivity contribution in [2.24, 2.45) is 0 Å². The standard InChI is InChI=1S/C9H13N5O5/c1-19-8(16)3-2-6(9(17)18)11-7(15)4-14-5-10-12-13-14/h5-6H,2-4H2,1H3,(H,11,15)(H,17,18)/t6-/m1/s1. The Labute approximate surface area is 107 Å². The zero-order valence-electron chi connectivity index (χ0n) is 10.1. The number of nitrogens with zero attached hydrogens (tertiary/aromatic N) is 4. The van der Waals surface area contributed by atoms with Crippen LogP contribution in [0.1, 0.15) is 12.8 Å². The molecule has 10 nitrogen and oxygen atoms in total. The average Bonchev–Trinajstić information content (AvgIpc) is 2.86. The second-order valence-electron chi connectivity index (χ2n) is 3.58. The van der Waals surface area contributed by atoms with E-state index in [0.29, 0.717) is 0 Å².